The zero-order valence-electron chi connectivity index (χ0n) is 13.3. The molecule has 0 bridgehead atoms. The number of aryl methyl sites for hydroxylation is 1. The van der Waals surface area contributed by atoms with Gasteiger partial charge in [0.05, 0.1) is 6.54 Å². The van der Waals surface area contributed by atoms with Crippen LogP contribution in [0.25, 0.3) is 0 Å². The fourth-order valence-electron chi connectivity index (χ4n) is 2.91. The quantitative estimate of drug-likeness (QED) is 0.828. The van der Waals surface area contributed by atoms with E-state index in [1.165, 1.54) is 4.90 Å². The summed E-state index contributed by atoms with van der Waals surface area (Å²) in [6.07, 6.45) is 0. The van der Waals surface area contributed by atoms with E-state index in [0.717, 1.165) is 11.1 Å². The summed E-state index contributed by atoms with van der Waals surface area (Å²) in [5.41, 5.74) is 1.29. The van der Waals surface area contributed by atoms with Crippen molar-refractivity contribution in [3.63, 3.8) is 0 Å². The van der Waals surface area contributed by atoms with Crippen molar-refractivity contribution in [2.45, 2.75) is 25.9 Å². The highest BCUT2D eigenvalue weighted by atomic mass is 35.5. The molecular formula is C18H16Cl2N2O2. The normalized spacial score (nSPS) is 20.4. The van der Waals surface area contributed by atoms with Gasteiger partial charge in [-0.05, 0) is 31.5 Å². The first-order valence-corrected chi connectivity index (χ1v) is 8.22. The number of urea groups is 1. The van der Waals surface area contributed by atoms with Gasteiger partial charge >= 0.3 is 6.03 Å². The Labute approximate surface area is 150 Å². The standard InChI is InChI=1S/C18H16Cl2N2O2/c1-11-4-3-5-12(8-11)10-22-16(23)18(2,21-17(22)24)14-7-6-13(19)9-15(14)20/h3-9H,10H2,1-2H3,(H,21,24)/t18-/m1/s1. The molecule has 24 heavy (non-hydrogen) atoms. The van der Waals surface area contributed by atoms with Gasteiger partial charge in [-0.25, -0.2) is 4.79 Å². The molecule has 1 saturated heterocycles. The van der Waals surface area contributed by atoms with E-state index in [-0.39, 0.29) is 12.5 Å². The molecule has 0 aliphatic carbocycles. The van der Waals surface area contributed by atoms with Crippen molar-refractivity contribution in [1.29, 1.82) is 0 Å². The molecule has 4 nitrogen and oxygen atoms in total. The van der Waals surface area contributed by atoms with E-state index in [2.05, 4.69) is 5.32 Å². The smallest absolute Gasteiger partial charge is 0.319 e. The third kappa shape index (κ3) is 2.87. The minimum Gasteiger partial charge on any atom is -0.319 e. The Morgan fingerprint density at radius 2 is 1.88 bits per heavy atom. The predicted octanol–water partition coefficient (Wildman–Crippen LogP) is 4.27. The van der Waals surface area contributed by atoms with Crippen LogP contribution in [-0.2, 0) is 16.9 Å². The number of amides is 3. The molecule has 0 radical (unpaired) electrons. The lowest BCUT2D eigenvalue weighted by atomic mass is 9.92. The highest BCUT2D eigenvalue weighted by Gasteiger charge is 2.49. The lowest BCUT2D eigenvalue weighted by molar-refractivity contribution is -0.131. The Morgan fingerprint density at radius 1 is 1.12 bits per heavy atom. The summed E-state index contributed by atoms with van der Waals surface area (Å²) >= 11 is 12.2. The van der Waals surface area contributed by atoms with E-state index in [1.54, 1.807) is 25.1 Å². The average molecular weight is 363 g/mol. The minimum atomic E-state index is -1.21. The van der Waals surface area contributed by atoms with E-state index in [9.17, 15) is 9.59 Å². The number of carbonyl (C=O) groups excluding carboxylic acids is 2. The maximum atomic E-state index is 12.9. The van der Waals surface area contributed by atoms with Crippen LogP contribution in [0.3, 0.4) is 0 Å². The molecule has 2 aromatic carbocycles. The highest BCUT2D eigenvalue weighted by Crippen LogP contribution is 2.35. The monoisotopic (exact) mass is 362 g/mol. The van der Waals surface area contributed by atoms with E-state index in [0.29, 0.717) is 15.6 Å². The Bertz CT molecular complexity index is 838. The molecule has 0 saturated carbocycles. The second-order valence-corrected chi connectivity index (χ2v) is 6.90. The molecule has 1 heterocycles. The van der Waals surface area contributed by atoms with Crippen LogP contribution in [0.5, 0.6) is 0 Å². The van der Waals surface area contributed by atoms with Gasteiger partial charge in [0.1, 0.15) is 5.54 Å². The largest absolute Gasteiger partial charge is 0.325 e. The van der Waals surface area contributed by atoms with Crippen LogP contribution < -0.4 is 5.32 Å². The summed E-state index contributed by atoms with van der Waals surface area (Å²) in [6, 6.07) is 12.1. The minimum absolute atomic E-state index is 0.215. The maximum absolute atomic E-state index is 12.9. The van der Waals surface area contributed by atoms with Crippen LogP contribution in [0.2, 0.25) is 10.0 Å². The second-order valence-electron chi connectivity index (χ2n) is 6.06. The number of hydrogen-bond donors (Lipinski definition) is 1. The summed E-state index contributed by atoms with van der Waals surface area (Å²) in [7, 11) is 0. The molecule has 0 unspecified atom stereocenters. The zero-order valence-corrected chi connectivity index (χ0v) is 14.8. The molecule has 1 N–H and O–H groups in total. The topological polar surface area (TPSA) is 49.4 Å². The fourth-order valence-corrected chi connectivity index (χ4v) is 3.51. The van der Waals surface area contributed by atoms with E-state index >= 15 is 0 Å². The summed E-state index contributed by atoms with van der Waals surface area (Å²) in [5.74, 6) is -0.335. The van der Waals surface area contributed by atoms with Gasteiger partial charge in [-0.3, -0.25) is 9.69 Å². The van der Waals surface area contributed by atoms with Crippen molar-refractivity contribution < 1.29 is 9.59 Å². The molecule has 3 amide bonds. The van der Waals surface area contributed by atoms with Crippen molar-refractivity contribution in [2.24, 2.45) is 0 Å². The average Bonchev–Trinajstić information content (AvgIpc) is 2.71. The van der Waals surface area contributed by atoms with Crippen LogP contribution in [0.1, 0.15) is 23.6 Å². The van der Waals surface area contributed by atoms with Crippen molar-refractivity contribution in [2.75, 3.05) is 0 Å². The molecular weight excluding hydrogens is 347 g/mol. The Morgan fingerprint density at radius 3 is 2.54 bits per heavy atom. The predicted molar refractivity (Wildman–Crippen MR) is 94.1 cm³/mol. The molecule has 124 valence electrons. The number of carbonyl (C=O) groups is 2. The number of hydrogen-bond acceptors (Lipinski definition) is 2. The third-order valence-electron chi connectivity index (χ3n) is 4.17. The van der Waals surface area contributed by atoms with Gasteiger partial charge in [-0.2, -0.15) is 0 Å². The van der Waals surface area contributed by atoms with Crippen molar-refractivity contribution >= 4 is 35.1 Å². The molecule has 2 aromatic rings. The summed E-state index contributed by atoms with van der Waals surface area (Å²) in [4.78, 5) is 26.5. The van der Waals surface area contributed by atoms with Crippen LogP contribution in [0, 0.1) is 6.92 Å². The first-order chi connectivity index (χ1) is 11.3. The van der Waals surface area contributed by atoms with Crippen molar-refractivity contribution in [3.8, 4) is 0 Å². The number of halogens is 2. The fraction of sp³-hybridized carbons (Fsp3) is 0.222. The SMILES string of the molecule is Cc1cccc(CN2C(=O)N[C@](C)(c3ccc(Cl)cc3Cl)C2=O)c1. The van der Waals surface area contributed by atoms with Gasteiger partial charge in [0.25, 0.3) is 5.91 Å². The molecule has 3 rings (SSSR count). The number of benzene rings is 2. The van der Waals surface area contributed by atoms with E-state index in [1.807, 2.05) is 31.2 Å². The molecule has 6 heteroatoms. The number of nitrogens with one attached hydrogen (secondary N) is 1. The van der Waals surface area contributed by atoms with Gasteiger partial charge < -0.3 is 5.32 Å². The molecule has 1 aliphatic rings. The molecule has 1 atom stereocenters. The molecule has 0 aromatic heterocycles. The van der Waals surface area contributed by atoms with Crippen LogP contribution in [0.4, 0.5) is 4.79 Å². The van der Waals surface area contributed by atoms with Gasteiger partial charge in [0.2, 0.25) is 0 Å². The first-order valence-electron chi connectivity index (χ1n) is 7.46. The van der Waals surface area contributed by atoms with Crippen molar-refractivity contribution in [3.05, 3.63) is 69.2 Å². The number of nitrogens with zero attached hydrogens (tertiary/aromatic N) is 1. The van der Waals surface area contributed by atoms with Gasteiger partial charge in [0.15, 0.2) is 0 Å². The maximum Gasteiger partial charge on any atom is 0.325 e. The Hall–Kier alpha value is -2.04. The van der Waals surface area contributed by atoms with Gasteiger partial charge in [0, 0.05) is 15.6 Å². The zero-order chi connectivity index (χ0) is 17.5. The van der Waals surface area contributed by atoms with Gasteiger partial charge in [-0.1, -0.05) is 59.1 Å². The van der Waals surface area contributed by atoms with Crippen LogP contribution >= 0.6 is 23.2 Å². The number of imide groups is 1. The Balaban J connectivity index is 1.93. The first kappa shape index (κ1) is 16.8. The lowest BCUT2D eigenvalue weighted by Gasteiger charge is -2.23. The Kier molecular flexibility index (Phi) is 4.28. The molecule has 1 fully saturated rings. The number of rotatable bonds is 3. The highest BCUT2D eigenvalue weighted by molar-refractivity contribution is 6.35. The summed E-state index contributed by atoms with van der Waals surface area (Å²) in [6.45, 7) is 3.83. The van der Waals surface area contributed by atoms with Crippen molar-refractivity contribution in [1.82, 2.24) is 10.2 Å². The summed E-state index contributed by atoms with van der Waals surface area (Å²) < 4.78 is 0. The van der Waals surface area contributed by atoms with Crippen LogP contribution in [-0.4, -0.2) is 16.8 Å². The second kappa shape index (κ2) is 6.11. The molecule has 0 spiro atoms. The van der Waals surface area contributed by atoms with Crippen LogP contribution in [0.15, 0.2) is 42.5 Å². The molecule has 1 aliphatic heterocycles. The summed E-state index contributed by atoms with van der Waals surface area (Å²) in [5, 5.41) is 3.57. The van der Waals surface area contributed by atoms with Gasteiger partial charge in [-0.15, -0.1) is 0 Å². The van der Waals surface area contributed by atoms with E-state index < -0.39 is 11.6 Å². The van der Waals surface area contributed by atoms with E-state index in [4.69, 9.17) is 23.2 Å². The third-order valence-corrected chi connectivity index (χ3v) is 4.72. The lowest BCUT2D eigenvalue weighted by Crippen LogP contribution is -2.41.